The summed E-state index contributed by atoms with van der Waals surface area (Å²) in [5, 5.41) is 3.03. The van der Waals surface area contributed by atoms with Crippen LogP contribution in [0.2, 0.25) is 0 Å². The Morgan fingerprint density at radius 2 is 2.27 bits per heavy atom. The highest BCUT2D eigenvalue weighted by atomic mass is 32.1. The molecule has 2 nitrogen and oxygen atoms in total. The first kappa shape index (κ1) is 8.27. The molecular weight excluding hydrogens is 158 g/mol. The third-order valence-electron chi connectivity index (χ3n) is 1.61. The molecule has 0 aliphatic carbocycles. The molecule has 11 heavy (non-hydrogen) atoms. The molecule has 3 heteroatoms. The Morgan fingerprint density at radius 3 is 2.64 bits per heavy atom. The van der Waals surface area contributed by atoms with E-state index in [4.69, 9.17) is 0 Å². The van der Waals surface area contributed by atoms with Crippen molar-refractivity contribution < 1.29 is 4.79 Å². The number of nitrogens with zero attached hydrogens (tertiary/aromatic N) is 1. The predicted octanol–water partition coefficient (Wildman–Crippen LogP) is 2.04. The van der Waals surface area contributed by atoms with Crippen LogP contribution < -0.4 is 4.90 Å². The van der Waals surface area contributed by atoms with E-state index in [0.717, 1.165) is 10.6 Å². The second-order valence-corrected chi connectivity index (χ2v) is 3.38. The van der Waals surface area contributed by atoms with Gasteiger partial charge in [0.05, 0.1) is 0 Å². The minimum atomic E-state index is 0.0792. The van der Waals surface area contributed by atoms with E-state index in [-0.39, 0.29) is 5.91 Å². The molecule has 1 heterocycles. The molecule has 0 unspecified atom stereocenters. The van der Waals surface area contributed by atoms with Crippen LogP contribution in [0.1, 0.15) is 12.5 Å². The van der Waals surface area contributed by atoms with E-state index in [1.165, 1.54) is 0 Å². The number of carbonyl (C=O) groups excluding carboxylic acids is 1. The number of amides is 1. The maximum absolute atomic E-state index is 10.9. The standard InChI is InChI=1S/C8H11NOS/c1-6-4-5-11-8(6)9(3)7(2)10/h4-5H,1-3H3. The molecule has 0 aliphatic rings. The van der Waals surface area contributed by atoms with Crippen LogP contribution in [-0.2, 0) is 4.79 Å². The predicted molar refractivity (Wildman–Crippen MR) is 48.1 cm³/mol. The van der Waals surface area contributed by atoms with Crippen LogP contribution in [0, 0.1) is 6.92 Å². The third kappa shape index (κ3) is 1.60. The Bertz CT molecular complexity index is 267. The first-order valence-corrected chi connectivity index (χ1v) is 4.29. The minimum Gasteiger partial charge on any atom is -0.307 e. The van der Waals surface area contributed by atoms with E-state index >= 15 is 0 Å². The van der Waals surface area contributed by atoms with Crippen LogP contribution in [0.25, 0.3) is 0 Å². The molecule has 0 spiro atoms. The molecule has 0 aliphatic heterocycles. The zero-order valence-electron chi connectivity index (χ0n) is 6.92. The normalized spacial score (nSPS) is 9.73. The fourth-order valence-electron chi connectivity index (χ4n) is 0.851. The van der Waals surface area contributed by atoms with Crippen molar-refractivity contribution in [2.45, 2.75) is 13.8 Å². The van der Waals surface area contributed by atoms with Gasteiger partial charge in [0.25, 0.3) is 0 Å². The highest BCUT2D eigenvalue weighted by molar-refractivity contribution is 7.14. The molecule has 1 amide bonds. The van der Waals surface area contributed by atoms with E-state index in [0.29, 0.717) is 0 Å². The number of carbonyl (C=O) groups is 1. The maximum Gasteiger partial charge on any atom is 0.224 e. The molecule has 0 radical (unpaired) electrons. The number of rotatable bonds is 1. The summed E-state index contributed by atoms with van der Waals surface area (Å²) in [7, 11) is 1.79. The highest BCUT2D eigenvalue weighted by Gasteiger charge is 2.08. The van der Waals surface area contributed by atoms with Gasteiger partial charge in [-0.2, -0.15) is 0 Å². The van der Waals surface area contributed by atoms with Crippen molar-refractivity contribution in [2.24, 2.45) is 0 Å². The number of thiophene rings is 1. The zero-order valence-corrected chi connectivity index (χ0v) is 7.73. The Labute approximate surface area is 70.5 Å². The fraction of sp³-hybridized carbons (Fsp3) is 0.375. The van der Waals surface area contributed by atoms with Crippen LogP contribution in [0.15, 0.2) is 11.4 Å². The molecule has 0 N–H and O–H groups in total. The van der Waals surface area contributed by atoms with Crippen LogP contribution in [0.5, 0.6) is 0 Å². The van der Waals surface area contributed by atoms with Crippen molar-refractivity contribution in [2.75, 3.05) is 11.9 Å². The highest BCUT2D eigenvalue weighted by Crippen LogP contribution is 2.25. The smallest absolute Gasteiger partial charge is 0.224 e. The Morgan fingerprint density at radius 1 is 1.64 bits per heavy atom. The van der Waals surface area contributed by atoms with Gasteiger partial charge in [0.1, 0.15) is 5.00 Å². The number of hydrogen-bond donors (Lipinski definition) is 0. The van der Waals surface area contributed by atoms with Gasteiger partial charge in [-0.25, -0.2) is 0 Å². The largest absolute Gasteiger partial charge is 0.307 e. The summed E-state index contributed by atoms with van der Waals surface area (Å²) >= 11 is 1.59. The molecule has 0 atom stereocenters. The van der Waals surface area contributed by atoms with E-state index in [2.05, 4.69) is 0 Å². The van der Waals surface area contributed by atoms with E-state index in [9.17, 15) is 4.79 Å². The molecule has 60 valence electrons. The number of anilines is 1. The molecule has 1 aromatic rings. The average molecular weight is 169 g/mol. The Balaban J connectivity index is 2.92. The van der Waals surface area contributed by atoms with Gasteiger partial charge in [-0.3, -0.25) is 4.79 Å². The van der Waals surface area contributed by atoms with E-state index in [1.54, 1.807) is 30.2 Å². The van der Waals surface area contributed by atoms with Crippen LogP contribution >= 0.6 is 11.3 Å². The monoisotopic (exact) mass is 169 g/mol. The van der Waals surface area contributed by atoms with Gasteiger partial charge in [-0.1, -0.05) is 0 Å². The fourth-order valence-corrected chi connectivity index (χ4v) is 1.79. The molecule has 1 aromatic heterocycles. The van der Waals surface area contributed by atoms with Crippen molar-refractivity contribution in [1.29, 1.82) is 0 Å². The lowest BCUT2D eigenvalue weighted by Crippen LogP contribution is -2.22. The molecule has 0 saturated carbocycles. The summed E-state index contributed by atoms with van der Waals surface area (Å²) in [6.07, 6.45) is 0. The lowest BCUT2D eigenvalue weighted by Gasteiger charge is -2.12. The molecule has 0 saturated heterocycles. The van der Waals surface area contributed by atoms with E-state index < -0.39 is 0 Å². The lowest BCUT2D eigenvalue weighted by molar-refractivity contribution is -0.116. The summed E-state index contributed by atoms with van der Waals surface area (Å²) in [6, 6.07) is 2.01. The minimum absolute atomic E-state index is 0.0792. The van der Waals surface area contributed by atoms with Gasteiger partial charge in [0, 0.05) is 14.0 Å². The van der Waals surface area contributed by atoms with Crippen LogP contribution in [0.4, 0.5) is 5.00 Å². The second kappa shape index (κ2) is 3.05. The third-order valence-corrected chi connectivity index (χ3v) is 2.70. The average Bonchev–Trinajstić information content (AvgIpc) is 2.33. The van der Waals surface area contributed by atoms with Crippen molar-refractivity contribution in [3.63, 3.8) is 0 Å². The van der Waals surface area contributed by atoms with Gasteiger partial charge in [0.15, 0.2) is 0 Å². The van der Waals surface area contributed by atoms with Gasteiger partial charge in [-0.15, -0.1) is 11.3 Å². The maximum atomic E-state index is 10.9. The summed E-state index contributed by atoms with van der Waals surface area (Å²) in [5.41, 5.74) is 1.16. The van der Waals surface area contributed by atoms with Crippen molar-refractivity contribution >= 4 is 22.2 Å². The summed E-state index contributed by atoms with van der Waals surface area (Å²) in [5.74, 6) is 0.0792. The van der Waals surface area contributed by atoms with Gasteiger partial charge >= 0.3 is 0 Å². The SMILES string of the molecule is CC(=O)N(C)c1sccc1C. The second-order valence-electron chi connectivity index (χ2n) is 2.49. The van der Waals surface area contributed by atoms with Crippen molar-refractivity contribution in [1.82, 2.24) is 0 Å². The molecule has 0 aromatic carbocycles. The van der Waals surface area contributed by atoms with E-state index in [1.807, 2.05) is 18.4 Å². The van der Waals surface area contributed by atoms with Crippen molar-refractivity contribution in [3.8, 4) is 0 Å². The first-order valence-electron chi connectivity index (χ1n) is 3.41. The topological polar surface area (TPSA) is 20.3 Å². The number of aryl methyl sites for hydroxylation is 1. The Kier molecular flexibility index (Phi) is 2.29. The molecular formula is C8H11NOS. The first-order chi connectivity index (χ1) is 5.13. The van der Waals surface area contributed by atoms with Crippen LogP contribution in [-0.4, -0.2) is 13.0 Å². The molecule has 0 bridgehead atoms. The summed E-state index contributed by atoms with van der Waals surface area (Å²) < 4.78 is 0. The zero-order chi connectivity index (χ0) is 8.43. The Hall–Kier alpha value is -0.830. The summed E-state index contributed by atoms with van der Waals surface area (Å²) in [4.78, 5) is 12.6. The van der Waals surface area contributed by atoms with Gasteiger partial charge < -0.3 is 4.90 Å². The summed E-state index contributed by atoms with van der Waals surface area (Å²) in [6.45, 7) is 3.57. The van der Waals surface area contributed by atoms with Crippen LogP contribution in [0.3, 0.4) is 0 Å². The number of hydrogen-bond acceptors (Lipinski definition) is 2. The van der Waals surface area contributed by atoms with Gasteiger partial charge in [0.2, 0.25) is 5.91 Å². The van der Waals surface area contributed by atoms with Crippen molar-refractivity contribution in [3.05, 3.63) is 17.0 Å². The quantitative estimate of drug-likeness (QED) is 0.630. The lowest BCUT2D eigenvalue weighted by atomic mass is 10.3. The van der Waals surface area contributed by atoms with Gasteiger partial charge in [-0.05, 0) is 23.9 Å². The molecule has 0 fully saturated rings. The molecule has 1 rings (SSSR count).